The molecular formula is C36H41FO3SSi. The maximum absolute atomic E-state index is 15.5. The van der Waals surface area contributed by atoms with Crippen LogP contribution < -0.4 is 13.9 Å². The molecule has 0 saturated heterocycles. The molecule has 0 amide bonds. The molecule has 0 unspecified atom stereocenters. The molecule has 5 rings (SSSR count). The number of fused-ring (bicyclic) bond motifs is 1. The third-order valence-electron chi connectivity index (χ3n) is 8.34. The number of hydrogen-bond acceptors (Lipinski definition) is 4. The summed E-state index contributed by atoms with van der Waals surface area (Å²) in [5.74, 6) is 1.53. The molecule has 0 fully saturated rings. The topological polar surface area (TPSA) is 27.7 Å². The monoisotopic (exact) mass is 600 g/mol. The van der Waals surface area contributed by atoms with E-state index in [2.05, 4.69) is 77.9 Å². The SMILES string of the molecule is CC(C)[Si](Oc1ccc([C@H]2Oc3cc(OCc4ccccc4)cc(F)c3S[C@H]2c2ccccc2)cc1)(C(C)C)C(C)C. The maximum Gasteiger partial charge on any atom is 0.258 e. The molecule has 6 heteroatoms. The Bertz CT molecular complexity index is 1440. The predicted molar refractivity (Wildman–Crippen MR) is 174 cm³/mol. The average molecular weight is 601 g/mol. The van der Waals surface area contributed by atoms with E-state index < -0.39 is 8.32 Å². The van der Waals surface area contributed by atoms with E-state index in [1.54, 1.807) is 0 Å². The Balaban J connectivity index is 1.45. The number of thioether (sulfide) groups is 1. The van der Waals surface area contributed by atoms with Gasteiger partial charge in [0.2, 0.25) is 0 Å². The molecule has 4 aromatic carbocycles. The van der Waals surface area contributed by atoms with Gasteiger partial charge in [-0.25, -0.2) is 4.39 Å². The average Bonchev–Trinajstić information content (AvgIpc) is 2.99. The Morgan fingerprint density at radius 2 is 1.33 bits per heavy atom. The second-order valence-electron chi connectivity index (χ2n) is 12.0. The van der Waals surface area contributed by atoms with Gasteiger partial charge in [0.05, 0.1) is 10.1 Å². The van der Waals surface area contributed by atoms with Crippen molar-refractivity contribution in [3.63, 3.8) is 0 Å². The van der Waals surface area contributed by atoms with Gasteiger partial charge in [0.1, 0.15) is 35.8 Å². The van der Waals surface area contributed by atoms with Crippen molar-refractivity contribution in [3.05, 3.63) is 120 Å². The molecule has 1 aliphatic rings. The number of halogens is 1. The van der Waals surface area contributed by atoms with Crippen LogP contribution in [0.4, 0.5) is 4.39 Å². The summed E-state index contributed by atoms with van der Waals surface area (Å²) in [5, 5.41) is -0.119. The van der Waals surface area contributed by atoms with Crippen LogP contribution in [0.15, 0.2) is 102 Å². The summed E-state index contributed by atoms with van der Waals surface area (Å²) in [6, 6.07) is 31.7. The molecule has 1 aliphatic heterocycles. The van der Waals surface area contributed by atoms with E-state index in [0.29, 0.717) is 39.6 Å². The summed E-state index contributed by atoms with van der Waals surface area (Å²) in [6.45, 7) is 14.1. The number of ether oxygens (including phenoxy) is 2. The number of hydrogen-bond donors (Lipinski definition) is 0. The molecule has 0 aromatic heterocycles. The van der Waals surface area contributed by atoms with Crippen molar-refractivity contribution in [2.45, 2.75) is 81.0 Å². The van der Waals surface area contributed by atoms with Gasteiger partial charge in [-0.05, 0) is 45.4 Å². The molecule has 0 aliphatic carbocycles. The van der Waals surface area contributed by atoms with Crippen molar-refractivity contribution in [2.24, 2.45) is 0 Å². The Hall–Kier alpha value is -3.22. The zero-order valence-corrected chi connectivity index (χ0v) is 27.2. The summed E-state index contributed by atoms with van der Waals surface area (Å²) in [6.07, 6.45) is -0.315. The fourth-order valence-corrected chi connectivity index (χ4v) is 12.9. The van der Waals surface area contributed by atoms with E-state index in [1.807, 2.05) is 54.6 Å². The lowest BCUT2D eigenvalue weighted by Gasteiger charge is -2.42. The Kier molecular flexibility index (Phi) is 9.34. The molecule has 0 spiro atoms. The largest absolute Gasteiger partial charge is 0.543 e. The third-order valence-corrected chi connectivity index (χ3v) is 15.8. The van der Waals surface area contributed by atoms with Crippen LogP contribution in [0.1, 0.15) is 69.6 Å². The fraction of sp³-hybridized carbons (Fsp3) is 0.333. The molecule has 0 radical (unpaired) electrons. The van der Waals surface area contributed by atoms with Crippen molar-refractivity contribution in [1.29, 1.82) is 0 Å². The van der Waals surface area contributed by atoms with Gasteiger partial charge in [0.15, 0.2) is 0 Å². The minimum atomic E-state index is -2.08. The quantitative estimate of drug-likeness (QED) is 0.169. The van der Waals surface area contributed by atoms with E-state index >= 15 is 4.39 Å². The molecule has 1 heterocycles. The van der Waals surface area contributed by atoms with Gasteiger partial charge in [-0.3, -0.25) is 0 Å². The number of rotatable bonds is 10. The summed E-state index contributed by atoms with van der Waals surface area (Å²) in [5.41, 5.74) is 4.60. The summed E-state index contributed by atoms with van der Waals surface area (Å²) in [4.78, 5) is 0.508. The Morgan fingerprint density at radius 1 is 0.738 bits per heavy atom. The van der Waals surface area contributed by atoms with Crippen LogP contribution in [0.2, 0.25) is 16.6 Å². The van der Waals surface area contributed by atoms with E-state index in [1.165, 1.54) is 17.8 Å². The molecule has 2 atom stereocenters. The van der Waals surface area contributed by atoms with E-state index in [4.69, 9.17) is 13.9 Å². The molecule has 42 heavy (non-hydrogen) atoms. The highest BCUT2D eigenvalue weighted by molar-refractivity contribution is 7.99. The molecule has 0 bridgehead atoms. The van der Waals surface area contributed by atoms with Crippen molar-refractivity contribution < 1.29 is 18.3 Å². The lowest BCUT2D eigenvalue weighted by atomic mass is 10.00. The minimum Gasteiger partial charge on any atom is -0.543 e. The highest BCUT2D eigenvalue weighted by atomic mass is 32.2. The Morgan fingerprint density at radius 3 is 1.93 bits per heavy atom. The smallest absolute Gasteiger partial charge is 0.258 e. The van der Waals surface area contributed by atoms with Crippen LogP contribution in [0, 0.1) is 5.82 Å². The number of benzene rings is 4. The summed E-state index contributed by atoms with van der Waals surface area (Å²) >= 11 is 1.51. The van der Waals surface area contributed by atoms with Crippen molar-refractivity contribution in [2.75, 3.05) is 0 Å². The van der Waals surface area contributed by atoms with Gasteiger partial charge >= 0.3 is 0 Å². The summed E-state index contributed by atoms with van der Waals surface area (Å²) < 4.78 is 35.0. The van der Waals surface area contributed by atoms with Crippen LogP contribution >= 0.6 is 11.8 Å². The Labute approximate surface area is 255 Å². The first-order valence-corrected chi connectivity index (χ1v) is 17.9. The standard InChI is InChI=1S/C36H41FO3SSi/c1-24(2)42(25(3)4,26(5)6)40-30-19-17-28(18-20-30)34-35(29-15-11-8-12-16-29)41-36-32(37)21-31(22-33(36)39-34)38-23-27-13-9-7-10-14-27/h7-22,24-26,34-35H,23H2,1-6H3/t34-,35+/m1/s1. The van der Waals surface area contributed by atoms with Gasteiger partial charge < -0.3 is 13.9 Å². The van der Waals surface area contributed by atoms with Crippen molar-refractivity contribution in [1.82, 2.24) is 0 Å². The van der Waals surface area contributed by atoms with E-state index in [9.17, 15) is 0 Å². The highest BCUT2D eigenvalue weighted by Crippen LogP contribution is 2.55. The van der Waals surface area contributed by atoms with E-state index in [0.717, 1.165) is 22.4 Å². The zero-order valence-electron chi connectivity index (χ0n) is 25.3. The predicted octanol–water partition coefficient (Wildman–Crippen LogP) is 10.9. The maximum atomic E-state index is 15.5. The molecule has 4 aromatic rings. The second kappa shape index (κ2) is 13.0. The van der Waals surface area contributed by atoms with Gasteiger partial charge in [0, 0.05) is 12.1 Å². The van der Waals surface area contributed by atoms with Crippen LogP contribution in [0.3, 0.4) is 0 Å². The normalized spacial score (nSPS) is 16.8. The molecule has 3 nitrogen and oxygen atoms in total. The van der Waals surface area contributed by atoms with Crippen LogP contribution in [-0.4, -0.2) is 8.32 Å². The van der Waals surface area contributed by atoms with E-state index in [-0.39, 0.29) is 17.2 Å². The first-order valence-electron chi connectivity index (χ1n) is 14.9. The van der Waals surface area contributed by atoms with Crippen molar-refractivity contribution in [3.8, 4) is 17.2 Å². The van der Waals surface area contributed by atoms with Gasteiger partial charge in [-0.1, -0.05) is 114 Å². The van der Waals surface area contributed by atoms with Crippen molar-refractivity contribution >= 4 is 20.1 Å². The van der Waals surface area contributed by atoms with Gasteiger partial charge in [-0.2, -0.15) is 0 Å². The molecular weight excluding hydrogens is 560 g/mol. The van der Waals surface area contributed by atoms with Gasteiger partial charge in [-0.15, -0.1) is 11.8 Å². The highest BCUT2D eigenvalue weighted by Gasteiger charge is 2.47. The minimum absolute atomic E-state index is 0.119. The second-order valence-corrected chi connectivity index (χ2v) is 18.5. The fourth-order valence-electron chi connectivity index (χ4n) is 6.37. The molecule has 220 valence electrons. The molecule has 0 saturated carbocycles. The van der Waals surface area contributed by atoms with Gasteiger partial charge in [0.25, 0.3) is 8.32 Å². The summed E-state index contributed by atoms with van der Waals surface area (Å²) in [7, 11) is -2.08. The lowest BCUT2D eigenvalue weighted by Crippen LogP contribution is -2.50. The third kappa shape index (κ3) is 6.25. The molecule has 0 N–H and O–H groups in total. The van der Waals surface area contributed by atoms with Crippen LogP contribution in [0.5, 0.6) is 17.2 Å². The van der Waals surface area contributed by atoms with Crippen LogP contribution in [-0.2, 0) is 6.61 Å². The first kappa shape index (κ1) is 30.2. The first-order chi connectivity index (χ1) is 20.2. The lowest BCUT2D eigenvalue weighted by molar-refractivity contribution is 0.187. The van der Waals surface area contributed by atoms with Crippen LogP contribution in [0.25, 0.3) is 0 Å². The zero-order chi connectivity index (χ0) is 29.9.